The summed E-state index contributed by atoms with van der Waals surface area (Å²) in [6, 6.07) is 0. The van der Waals surface area contributed by atoms with E-state index in [1.54, 1.807) is 23.1 Å². The molecule has 0 bridgehead atoms. The van der Waals surface area contributed by atoms with Gasteiger partial charge in [-0.15, -0.1) is 11.3 Å². The van der Waals surface area contributed by atoms with Crippen LogP contribution < -0.4 is 0 Å². The third kappa shape index (κ3) is 2.43. The molecule has 0 amide bonds. The largest absolute Gasteiger partial charge is 0.391 e. The standard InChI is InChI=1S/C11H13N3O2S2/c1-6-3-18-10(12-6)2-9-13-11(16-14-9)7-4-17-5-8(7)15/h3,7-8,15H,2,4-5H2,1H3. The van der Waals surface area contributed by atoms with E-state index in [9.17, 15) is 5.11 Å². The number of nitrogens with zero attached hydrogens (tertiary/aromatic N) is 3. The van der Waals surface area contributed by atoms with Gasteiger partial charge in [-0.25, -0.2) is 4.98 Å². The van der Waals surface area contributed by atoms with E-state index in [0.29, 0.717) is 18.1 Å². The number of aliphatic hydroxyl groups excluding tert-OH is 1. The monoisotopic (exact) mass is 283 g/mol. The van der Waals surface area contributed by atoms with Crippen molar-refractivity contribution in [2.75, 3.05) is 11.5 Å². The van der Waals surface area contributed by atoms with Gasteiger partial charge < -0.3 is 9.63 Å². The summed E-state index contributed by atoms with van der Waals surface area (Å²) in [5.74, 6) is 2.77. The molecule has 3 rings (SSSR count). The van der Waals surface area contributed by atoms with Gasteiger partial charge in [0.05, 0.1) is 18.4 Å². The van der Waals surface area contributed by atoms with Crippen molar-refractivity contribution < 1.29 is 9.63 Å². The van der Waals surface area contributed by atoms with Gasteiger partial charge >= 0.3 is 0 Å². The maximum atomic E-state index is 9.79. The van der Waals surface area contributed by atoms with Crippen LogP contribution in [0.2, 0.25) is 0 Å². The molecule has 0 radical (unpaired) electrons. The molecule has 3 heterocycles. The maximum absolute atomic E-state index is 9.79. The highest BCUT2D eigenvalue weighted by molar-refractivity contribution is 7.99. The van der Waals surface area contributed by atoms with Gasteiger partial charge in [0.1, 0.15) is 5.01 Å². The Hall–Kier alpha value is -0.920. The molecular formula is C11H13N3O2S2. The molecule has 2 aromatic rings. The predicted octanol–water partition coefficient (Wildman–Crippen LogP) is 1.62. The van der Waals surface area contributed by atoms with E-state index in [1.165, 1.54) is 0 Å². The van der Waals surface area contributed by atoms with Crippen molar-refractivity contribution >= 4 is 23.1 Å². The van der Waals surface area contributed by atoms with Crippen molar-refractivity contribution in [2.45, 2.75) is 25.4 Å². The van der Waals surface area contributed by atoms with Gasteiger partial charge in [-0.3, -0.25) is 0 Å². The van der Waals surface area contributed by atoms with Crippen molar-refractivity contribution in [1.82, 2.24) is 15.1 Å². The van der Waals surface area contributed by atoms with E-state index in [1.807, 2.05) is 12.3 Å². The smallest absolute Gasteiger partial charge is 0.233 e. The zero-order valence-electron chi connectivity index (χ0n) is 9.87. The lowest BCUT2D eigenvalue weighted by Crippen LogP contribution is -2.15. The predicted molar refractivity (Wildman–Crippen MR) is 70.0 cm³/mol. The summed E-state index contributed by atoms with van der Waals surface area (Å²) in [6.07, 6.45) is 0.225. The molecular weight excluding hydrogens is 270 g/mol. The topological polar surface area (TPSA) is 72.0 Å². The lowest BCUT2D eigenvalue weighted by molar-refractivity contribution is 0.164. The van der Waals surface area contributed by atoms with Gasteiger partial charge in [0, 0.05) is 22.6 Å². The second-order valence-corrected chi connectivity index (χ2v) is 6.34. The molecule has 1 fully saturated rings. The number of thioether (sulfide) groups is 1. The molecule has 1 N–H and O–H groups in total. The molecule has 1 aliphatic heterocycles. The van der Waals surface area contributed by atoms with Crippen LogP contribution in [0.5, 0.6) is 0 Å². The third-order valence-electron chi connectivity index (χ3n) is 2.83. The summed E-state index contributed by atoms with van der Waals surface area (Å²) >= 11 is 3.31. The molecule has 5 nitrogen and oxygen atoms in total. The summed E-state index contributed by atoms with van der Waals surface area (Å²) in [4.78, 5) is 8.73. The molecule has 1 aliphatic rings. The van der Waals surface area contributed by atoms with E-state index < -0.39 is 0 Å². The number of aromatic nitrogens is 3. The molecule has 18 heavy (non-hydrogen) atoms. The van der Waals surface area contributed by atoms with Crippen LogP contribution in [0, 0.1) is 6.92 Å². The highest BCUT2D eigenvalue weighted by Gasteiger charge is 2.32. The van der Waals surface area contributed by atoms with Gasteiger partial charge in [-0.2, -0.15) is 16.7 Å². The minimum absolute atomic E-state index is 0.0192. The van der Waals surface area contributed by atoms with Crippen LogP contribution in [-0.4, -0.2) is 37.8 Å². The number of aliphatic hydroxyl groups is 1. The van der Waals surface area contributed by atoms with E-state index in [0.717, 1.165) is 22.2 Å². The Bertz CT molecular complexity index is 540. The second-order valence-electron chi connectivity index (χ2n) is 4.32. The Kier molecular flexibility index (Phi) is 3.36. The Morgan fingerprint density at radius 3 is 3.00 bits per heavy atom. The highest BCUT2D eigenvalue weighted by atomic mass is 32.2. The maximum Gasteiger partial charge on any atom is 0.233 e. The fraction of sp³-hybridized carbons (Fsp3) is 0.545. The van der Waals surface area contributed by atoms with Gasteiger partial charge in [-0.05, 0) is 6.92 Å². The summed E-state index contributed by atoms with van der Waals surface area (Å²) < 4.78 is 5.24. The van der Waals surface area contributed by atoms with Crippen LogP contribution >= 0.6 is 23.1 Å². The van der Waals surface area contributed by atoms with Crippen molar-refractivity contribution in [3.05, 3.63) is 27.8 Å². The average Bonchev–Trinajstić information content (AvgIpc) is 3.02. The minimum Gasteiger partial charge on any atom is -0.391 e. The zero-order chi connectivity index (χ0) is 12.5. The Morgan fingerprint density at radius 1 is 1.44 bits per heavy atom. The number of hydrogen-bond donors (Lipinski definition) is 1. The molecule has 96 valence electrons. The fourth-order valence-electron chi connectivity index (χ4n) is 1.89. The molecule has 1 saturated heterocycles. The van der Waals surface area contributed by atoms with Crippen LogP contribution in [0.15, 0.2) is 9.90 Å². The minimum atomic E-state index is -0.370. The average molecular weight is 283 g/mol. The molecule has 2 atom stereocenters. The lowest BCUT2D eigenvalue weighted by atomic mass is 10.1. The molecule has 7 heteroatoms. The molecule has 0 aromatic carbocycles. The van der Waals surface area contributed by atoms with Crippen LogP contribution in [0.3, 0.4) is 0 Å². The zero-order valence-corrected chi connectivity index (χ0v) is 11.5. The van der Waals surface area contributed by atoms with E-state index in [2.05, 4.69) is 15.1 Å². The first kappa shape index (κ1) is 12.1. The number of rotatable bonds is 3. The summed E-state index contributed by atoms with van der Waals surface area (Å²) in [7, 11) is 0. The first-order chi connectivity index (χ1) is 8.72. The van der Waals surface area contributed by atoms with Crippen LogP contribution in [0.4, 0.5) is 0 Å². The van der Waals surface area contributed by atoms with Gasteiger partial charge in [0.15, 0.2) is 5.82 Å². The molecule has 2 aromatic heterocycles. The molecule has 2 unspecified atom stereocenters. The third-order valence-corrected chi connectivity index (χ3v) is 4.97. The Labute approximate surface area is 113 Å². The fourth-order valence-corrected chi connectivity index (χ4v) is 3.88. The highest BCUT2D eigenvalue weighted by Crippen LogP contribution is 2.31. The van der Waals surface area contributed by atoms with Gasteiger partial charge in [0.2, 0.25) is 5.89 Å². The number of thiazole rings is 1. The van der Waals surface area contributed by atoms with Crippen LogP contribution in [0.25, 0.3) is 0 Å². The SMILES string of the molecule is Cc1csc(Cc2noc(C3CSCC3O)n2)n1. The van der Waals surface area contributed by atoms with Crippen LogP contribution in [-0.2, 0) is 6.42 Å². The second kappa shape index (κ2) is 4.99. The van der Waals surface area contributed by atoms with E-state index in [-0.39, 0.29) is 12.0 Å². The Balaban J connectivity index is 1.73. The normalized spacial score (nSPS) is 23.7. The molecule has 0 spiro atoms. The van der Waals surface area contributed by atoms with Crippen molar-refractivity contribution in [1.29, 1.82) is 0 Å². The summed E-state index contributed by atoms with van der Waals surface area (Å²) in [5, 5.41) is 16.7. The van der Waals surface area contributed by atoms with Crippen molar-refractivity contribution in [3.63, 3.8) is 0 Å². The quantitative estimate of drug-likeness (QED) is 0.923. The Morgan fingerprint density at radius 2 is 2.33 bits per heavy atom. The number of aryl methyl sites for hydroxylation is 1. The first-order valence-corrected chi connectivity index (χ1v) is 7.75. The van der Waals surface area contributed by atoms with Gasteiger partial charge in [0.25, 0.3) is 0 Å². The summed E-state index contributed by atoms with van der Waals surface area (Å²) in [5.41, 5.74) is 1.02. The van der Waals surface area contributed by atoms with Crippen LogP contribution in [0.1, 0.15) is 28.3 Å². The molecule has 0 saturated carbocycles. The molecule has 0 aliphatic carbocycles. The van der Waals surface area contributed by atoms with Crippen molar-refractivity contribution in [3.8, 4) is 0 Å². The van der Waals surface area contributed by atoms with E-state index >= 15 is 0 Å². The summed E-state index contributed by atoms with van der Waals surface area (Å²) in [6.45, 7) is 1.97. The van der Waals surface area contributed by atoms with E-state index in [4.69, 9.17) is 4.52 Å². The van der Waals surface area contributed by atoms with Gasteiger partial charge in [-0.1, -0.05) is 5.16 Å². The number of hydrogen-bond acceptors (Lipinski definition) is 7. The first-order valence-electron chi connectivity index (χ1n) is 5.71. The lowest BCUT2D eigenvalue weighted by Gasteiger charge is -2.06. The van der Waals surface area contributed by atoms with Crippen molar-refractivity contribution in [2.24, 2.45) is 0 Å².